The fourth-order valence-electron chi connectivity index (χ4n) is 3.26. The van der Waals surface area contributed by atoms with Crippen LogP contribution in [-0.2, 0) is 14.8 Å². The maximum atomic E-state index is 13.0. The minimum atomic E-state index is -3.84. The van der Waals surface area contributed by atoms with Gasteiger partial charge in [0, 0.05) is 22.2 Å². The summed E-state index contributed by atoms with van der Waals surface area (Å²) in [5, 5.41) is 2.95. The van der Waals surface area contributed by atoms with Crippen molar-refractivity contribution < 1.29 is 27.5 Å². The number of benzene rings is 3. The van der Waals surface area contributed by atoms with Crippen molar-refractivity contribution in [3.63, 3.8) is 0 Å². The maximum Gasteiger partial charge on any atom is 0.245 e. The van der Waals surface area contributed by atoms with Crippen LogP contribution < -0.4 is 19.1 Å². The van der Waals surface area contributed by atoms with Crippen molar-refractivity contribution >= 4 is 44.7 Å². The number of anilines is 2. The second kappa shape index (κ2) is 10.6. The lowest BCUT2D eigenvalue weighted by Crippen LogP contribution is -2.37. The zero-order valence-corrected chi connectivity index (χ0v) is 20.3. The van der Waals surface area contributed by atoms with Crippen LogP contribution in [0, 0.1) is 0 Å². The summed E-state index contributed by atoms with van der Waals surface area (Å²) in [6.45, 7) is -0.532. The molecule has 1 amide bonds. The molecule has 0 aliphatic carbocycles. The van der Waals surface area contributed by atoms with Gasteiger partial charge >= 0.3 is 0 Å². The second-order valence-corrected chi connectivity index (χ2v) is 9.59. The van der Waals surface area contributed by atoms with Crippen LogP contribution in [0.2, 0.25) is 5.02 Å². The molecule has 0 saturated heterocycles. The monoisotopic (exact) mass is 502 g/mol. The summed E-state index contributed by atoms with van der Waals surface area (Å²) in [5.74, 6) is -0.264. The fourth-order valence-corrected chi connectivity index (χ4v) is 4.28. The number of amides is 1. The maximum absolute atomic E-state index is 13.0. The van der Waals surface area contributed by atoms with E-state index >= 15 is 0 Å². The van der Waals surface area contributed by atoms with Crippen LogP contribution in [0.4, 0.5) is 11.4 Å². The fraction of sp³-hybridized carbons (Fsp3) is 0.167. The summed E-state index contributed by atoms with van der Waals surface area (Å²) in [6.07, 6.45) is 0.990. The summed E-state index contributed by atoms with van der Waals surface area (Å²) in [5.41, 5.74) is 1.03. The van der Waals surface area contributed by atoms with E-state index in [1.54, 1.807) is 36.4 Å². The summed E-state index contributed by atoms with van der Waals surface area (Å²) in [4.78, 5) is 25.9. The van der Waals surface area contributed by atoms with Crippen molar-refractivity contribution in [2.24, 2.45) is 0 Å². The van der Waals surface area contributed by atoms with E-state index in [0.29, 0.717) is 22.1 Å². The lowest BCUT2D eigenvalue weighted by atomic mass is 10.0. The first kappa shape index (κ1) is 25.1. The smallest absolute Gasteiger partial charge is 0.245 e. The molecule has 1 N–H and O–H groups in total. The van der Waals surface area contributed by atoms with E-state index in [4.69, 9.17) is 21.1 Å². The molecule has 0 saturated carbocycles. The van der Waals surface area contributed by atoms with Crippen molar-refractivity contribution in [1.82, 2.24) is 0 Å². The Morgan fingerprint density at radius 1 is 0.941 bits per heavy atom. The minimum Gasteiger partial charge on any atom is -0.493 e. The zero-order chi connectivity index (χ0) is 24.9. The highest BCUT2D eigenvalue weighted by molar-refractivity contribution is 7.92. The number of ether oxygens (including phenoxy) is 2. The first-order valence-electron chi connectivity index (χ1n) is 10.0. The third-order valence-corrected chi connectivity index (χ3v) is 6.25. The van der Waals surface area contributed by atoms with Gasteiger partial charge in [0.1, 0.15) is 6.54 Å². The van der Waals surface area contributed by atoms with E-state index in [9.17, 15) is 18.0 Å². The van der Waals surface area contributed by atoms with Crippen LogP contribution >= 0.6 is 11.6 Å². The number of rotatable bonds is 9. The lowest BCUT2D eigenvalue weighted by molar-refractivity contribution is -0.114. The van der Waals surface area contributed by atoms with Gasteiger partial charge in [0.15, 0.2) is 17.3 Å². The molecule has 0 unspecified atom stereocenters. The summed E-state index contributed by atoms with van der Waals surface area (Å²) in [6, 6.07) is 17.5. The SMILES string of the molecule is COc1ccc(N(CC(=O)Nc2ccc(Cl)cc2C(=O)c2ccccc2)S(C)(=O)=O)cc1OC. The van der Waals surface area contributed by atoms with E-state index in [0.717, 1.165) is 10.6 Å². The second-order valence-electron chi connectivity index (χ2n) is 7.24. The molecular formula is C24H23ClN2O6S. The molecule has 8 nitrogen and oxygen atoms in total. The first-order valence-corrected chi connectivity index (χ1v) is 12.3. The Balaban J connectivity index is 1.90. The number of nitrogens with one attached hydrogen (secondary N) is 1. The standard InChI is InChI=1S/C24H23ClN2O6S/c1-32-21-12-10-18(14-22(21)33-2)27(34(3,30)31)15-23(28)26-20-11-9-17(25)13-19(20)24(29)16-7-5-4-6-8-16/h4-14H,15H2,1-3H3,(H,26,28). The molecule has 0 atom stereocenters. The molecule has 0 heterocycles. The summed E-state index contributed by atoms with van der Waals surface area (Å²) >= 11 is 6.09. The van der Waals surface area contributed by atoms with E-state index in [1.807, 2.05) is 0 Å². The average Bonchev–Trinajstić information content (AvgIpc) is 2.82. The topological polar surface area (TPSA) is 102 Å². The Labute approximate surface area is 203 Å². The summed E-state index contributed by atoms with van der Waals surface area (Å²) in [7, 11) is -0.958. The van der Waals surface area contributed by atoms with Gasteiger partial charge in [0.2, 0.25) is 15.9 Å². The normalized spacial score (nSPS) is 10.9. The molecule has 0 aliphatic rings. The largest absolute Gasteiger partial charge is 0.493 e. The molecule has 34 heavy (non-hydrogen) atoms. The molecule has 178 valence electrons. The van der Waals surface area contributed by atoms with Gasteiger partial charge in [-0.05, 0) is 30.3 Å². The Kier molecular flexibility index (Phi) is 7.80. The molecule has 3 aromatic rings. The van der Waals surface area contributed by atoms with Gasteiger partial charge in [-0.2, -0.15) is 0 Å². The van der Waals surface area contributed by atoms with Crippen LogP contribution in [0.5, 0.6) is 11.5 Å². The zero-order valence-electron chi connectivity index (χ0n) is 18.7. The van der Waals surface area contributed by atoms with E-state index in [1.165, 1.54) is 44.6 Å². The van der Waals surface area contributed by atoms with Crippen molar-refractivity contribution in [3.8, 4) is 11.5 Å². The Morgan fingerprint density at radius 3 is 2.24 bits per heavy atom. The van der Waals surface area contributed by atoms with Crippen LogP contribution in [-0.4, -0.2) is 47.1 Å². The number of hydrogen-bond acceptors (Lipinski definition) is 6. The lowest BCUT2D eigenvalue weighted by Gasteiger charge is -2.23. The number of hydrogen-bond donors (Lipinski definition) is 1. The molecule has 10 heteroatoms. The highest BCUT2D eigenvalue weighted by atomic mass is 35.5. The van der Waals surface area contributed by atoms with Gasteiger partial charge in [0.25, 0.3) is 0 Å². The predicted octanol–water partition coefficient (Wildman–Crippen LogP) is 3.99. The number of halogens is 1. The number of carbonyl (C=O) groups is 2. The van der Waals surface area contributed by atoms with Gasteiger partial charge in [0.05, 0.1) is 31.9 Å². The number of carbonyl (C=O) groups excluding carboxylic acids is 2. The van der Waals surface area contributed by atoms with E-state index in [2.05, 4.69) is 5.32 Å². The van der Waals surface area contributed by atoms with Gasteiger partial charge < -0.3 is 14.8 Å². The molecular weight excluding hydrogens is 480 g/mol. The molecule has 0 spiro atoms. The van der Waals surface area contributed by atoms with Crippen molar-refractivity contribution in [1.29, 1.82) is 0 Å². The molecule has 3 rings (SSSR count). The Morgan fingerprint density at radius 2 is 1.62 bits per heavy atom. The molecule has 3 aromatic carbocycles. The Bertz CT molecular complexity index is 1310. The molecule has 0 bridgehead atoms. The van der Waals surface area contributed by atoms with Crippen LogP contribution in [0.15, 0.2) is 66.7 Å². The third kappa shape index (κ3) is 5.86. The number of nitrogens with zero attached hydrogens (tertiary/aromatic N) is 1. The van der Waals surface area contributed by atoms with Gasteiger partial charge in [-0.25, -0.2) is 8.42 Å². The number of ketones is 1. The van der Waals surface area contributed by atoms with Crippen LogP contribution in [0.1, 0.15) is 15.9 Å². The first-order chi connectivity index (χ1) is 16.1. The average molecular weight is 503 g/mol. The molecule has 0 radical (unpaired) electrons. The predicted molar refractivity (Wildman–Crippen MR) is 132 cm³/mol. The van der Waals surface area contributed by atoms with E-state index < -0.39 is 22.5 Å². The van der Waals surface area contributed by atoms with Gasteiger partial charge in [-0.15, -0.1) is 0 Å². The molecule has 0 fully saturated rings. The summed E-state index contributed by atoms with van der Waals surface area (Å²) < 4.78 is 36.3. The number of sulfonamides is 1. The Hall–Kier alpha value is -3.56. The highest BCUT2D eigenvalue weighted by Gasteiger charge is 2.24. The quantitative estimate of drug-likeness (QED) is 0.444. The van der Waals surface area contributed by atoms with E-state index in [-0.39, 0.29) is 22.7 Å². The highest BCUT2D eigenvalue weighted by Crippen LogP contribution is 2.32. The third-order valence-electron chi connectivity index (χ3n) is 4.88. The number of methoxy groups -OCH3 is 2. The molecule has 0 aliphatic heterocycles. The minimum absolute atomic E-state index is 0.184. The van der Waals surface area contributed by atoms with Crippen molar-refractivity contribution in [2.75, 3.05) is 36.6 Å². The van der Waals surface area contributed by atoms with Crippen LogP contribution in [0.3, 0.4) is 0 Å². The van der Waals surface area contributed by atoms with Crippen molar-refractivity contribution in [2.45, 2.75) is 0 Å². The van der Waals surface area contributed by atoms with Crippen molar-refractivity contribution in [3.05, 3.63) is 82.9 Å². The molecule has 0 aromatic heterocycles. The van der Waals surface area contributed by atoms with Crippen LogP contribution in [0.25, 0.3) is 0 Å². The van der Waals surface area contributed by atoms with Gasteiger partial charge in [-0.3, -0.25) is 13.9 Å². The van der Waals surface area contributed by atoms with Gasteiger partial charge in [-0.1, -0.05) is 41.9 Å².